The molecule has 0 aliphatic carbocycles. The van der Waals surface area contributed by atoms with Crippen molar-refractivity contribution in [2.24, 2.45) is 0 Å². The molecule has 0 atom stereocenters. The fourth-order valence-corrected chi connectivity index (χ4v) is 6.20. The molecule has 234 valence electrons. The summed E-state index contributed by atoms with van der Waals surface area (Å²) >= 11 is 0. The summed E-state index contributed by atoms with van der Waals surface area (Å²) in [6.45, 7) is 6.34. The van der Waals surface area contributed by atoms with Crippen LogP contribution in [0.3, 0.4) is 0 Å². The van der Waals surface area contributed by atoms with Gasteiger partial charge < -0.3 is 16.0 Å². The van der Waals surface area contributed by atoms with Crippen molar-refractivity contribution < 1.29 is 0 Å². The van der Waals surface area contributed by atoms with Gasteiger partial charge in [0, 0.05) is 34.1 Å². The van der Waals surface area contributed by atoms with Crippen molar-refractivity contribution in [2.75, 3.05) is 16.0 Å². The van der Waals surface area contributed by atoms with E-state index >= 15 is 0 Å². The lowest BCUT2D eigenvalue weighted by atomic mass is 9.87. The number of nitrogens with one attached hydrogen (secondary N) is 3. The van der Waals surface area contributed by atoms with Gasteiger partial charge in [-0.1, -0.05) is 91.0 Å². The predicted octanol–water partition coefficient (Wildman–Crippen LogP) is 12.8. The summed E-state index contributed by atoms with van der Waals surface area (Å²) in [7, 11) is 0. The second-order valence-corrected chi connectivity index (χ2v) is 12.4. The minimum Gasteiger partial charge on any atom is -0.356 e. The van der Waals surface area contributed by atoms with Crippen LogP contribution >= 0.6 is 0 Å². The van der Waals surface area contributed by atoms with Crippen molar-refractivity contribution in [2.45, 2.75) is 20.8 Å². The van der Waals surface area contributed by atoms with Crippen molar-refractivity contribution in [1.82, 2.24) is 0 Å². The molecule has 7 rings (SSSR count). The van der Waals surface area contributed by atoms with Crippen LogP contribution in [0.25, 0.3) is 33.4 Å². The van der Waals surface area contributed by atoms with Crippen molar-refractivity contribution in [3.8, 4) is 33.4 Å². The summed E-state index contributed by atoms with van der Waals surface area (Å²) in [5, 5.41) is 10.7. The number of hydrogen-bond acceptors (Lipinski definition) is 3. The van der Waals surface area contributed by atoms with E-state index in [4.69, 9.17) is 0 Å². The zero-order valence-electron chi connectivity index (χ0n) is 27.6. The molecule has 0 unspecified atom stereocenters. The fourth-order valence-electron chi connectivity index (χ4n) is 6.20. The summed E-state index contributed by atoms with van der Waals surface area (Å²) in [6.07, 6.45) is 0. The first-order valence-corrected chi connectivity index (χ1v) is 16.4. The van der Waals surface area contributed by atoms with Gasteiger partial charge in [0.2, 0.25) is 0 Å². The minimum atomic E-state index is 1.06. The highest BCUT2D eigenvalue weighted by atomic mass is 14.9. The monoisotopic (exact) mass is 621 g/mol. The van der Waals surface area contributed by atoms with Gasteiger partial charge in [0.05, 0.1) is 0 Å². The Labute approximate surface area is 284 Å². The standard InChI is InChI=1S/C45H39N3/c1-31-8-4-11-40(28-31)46-37-22-16-34(17-23-37)43-14-7-15-44(35-18-24-38(25-19-35)47-41-12-5-9-32(2)29-41)45(43)36-20-26-39(27-21-36)48-42-13-6-10-33(3)30-42/h4-30,46-48H,1-3H3. The first-order valence-electron chi connectivity index (χ1n) is 16.4. The lowest BCUT2D eigenvalue weighted by molar-refractivity contribution is 1.45. The number of anilines is 6. The quantitative estimate of drug-likeness (QED) is 0.150. The van der Waals surface area contributed by atoms with Crippen LogP contribution in [0.2, 0.25) is 0 Å². The predicted molar refractivity (Wildman–Crippen MR) is 206 cm³/mol. The van der Waals surface area contributed by atoms with E-state index in [9.17, 15) is 0 Å². The van der Waals surface area contributed by atoms with Crippen molar-refractivity contribution in [3.63, 3.8) is 0 Å². The molecule has 0 saturated heterocycles. The lowest BCUT2D eigenvalue weighted by Crippen LogP contribution is -1.94. The Balaban J connectivity index is 1.24. The minimum absolute atomic E-state index is 1.06. The molecule has 48 heavy (non-hydrogen) atoms. The molecular formula is C45H39N3. The van der Waals surface area contributed by atoms with E-state index in [2.05, 4.69) is 201 Å². The number of benzene rings is 7. The number of rotatable bonds is 9. The Kier molecular flexibility index (Phi) is 8.76. The van der Waals surface area contributed by atoms with Gasteiger partial charge in [-0.05, 0) is 144 Å². The summed E-state index contributed by atoms with van der Waals surface area (Å²) < 4.78 is 0. The molecule has 0 fully saturated rings. The van der Waals surface area contributed by atoms with E-state index in [0.717, 1.165) is 34.1 Å². The summed E-state index contributed by atoms with van der Waals surface area (Å²) in [5.41, 5.74) is 17.2. The van der Waals surface area contributed by atoms with E-state index < -0.39 is 0 Å². The average molecular weight is 622 g/mol. The van der Waals surface area contributed by atoms with Crippen molar-refractivity contribution in [1.29, 1.82) is 0 Å². The highest BCUT2D eigenvalue weighted by molar-refractivity contribution is 5.95. The Bertz CT molecular complexity index is 2050. The van der Waals surface area contributed by atoms with Gasteiger partial charge in [-0.15, -0.1) is 0 Å². The first kappa shape index (κ1) is 30.6. The number of aryl methyl sites for hydroxylation is 3. The Morgan fingerprint density at radius 2 is 0.604 bits per heavy atom. The zero-order valence-corrected chi connectivity index (χ0v) is 27.6. The van der Waals surface area contributed by atoms with Gasteiger partial charge in [0.25, 0.3) is 0 Å². The Morgan fingerprint density at radius 1 is 0.292 bits per heavy atom. The van der Waals surface area contributed by atoms with Crippen LogP contribution in [0.1, 0.15) is 16.7 Å². The second kappa shape index (κ2) is 13.7. The molecule has 3 heteroatoms. The van der Waals surface area contributed by atoms with E-state index in [1.165, 1.54) is 50.1 Å². The van der Waals surface area contributed by atoms with E-state index in [1.54, 1.807) is 0 Å². The Hall–Kier alpha value is -6.06. The molecule has 3 N–H and O–H groups in total. The first-order chi connectivity index (χ1) is 23.5. The van der Waals surface area contributed by atoms with Gasteiger partial charge in [0.1, 0.15) is 0 Å². The SMILES string of the molecule is Cc1cccc(Nc2ccc(-c3cccc(-c4ccc(Nc5cccc(C)c5)cc4)c3-c3ccc(Nc4cccc(C)c4)cc3)cc2)c1. The zero-order chi connectivity index (χ0) is 32.9. The van der Waals surface area contributed by atoms with Crippen LogP contribution in [0, 0.1) is 20.8 Å². The highest BCUT2D eigenvalue weighted by Gasteiger charge is 2.15. The molecule has 0 bridgehead atoms. The highest BCUT2D eigenvalue weighted by Crippen LogP contribution is 2.41. The molecule has 7 aromatic rings. The second-order valence-electron chi connectivity index (χ2n) is 12.4. The van der Waals surface area contributed by atoms with E-state index in [-0.39, 0.29) is 0 Å². The summed E-state index contributed by atoms with van der Waals surface area (Å²) in [6, 6.07) is 58.3. The van der Waals surface area contributed by atoms with Crippen molar-refractivity contribution in [3.05, 3.63) is 180 Å². The van der Waals surface area contributed by atoms with Crippen LogP contribution < -0.4 is 16.0 Å². The van der Waals surface area contributed by atoms with Crippen LogP contribution in [-0.2, 0) is 0 Å². The third-order valence-corrected chi connectivity index (χ3v) is 8.55. The normalized spacial score (nSPS) is 10.8. The van der Waals surface area contributed by atoms with Gasteiger partial charge in [-0.25, -0.2) is 0 Å². The molecular weight excluding hydrogens is 583 g/mol. The van der Waals surface area contributed by atoms with Crippen molar-refractivity contribution >= 4 is 34.1 Å². The molecule has 0 radical (unpaired) electrons. The maximum atomic E-state index is 3.56. The van der Waals surface area contributed by atoms with Crippen LogP contribution in [0.15, 0.2) is 164 Å². The molecule has 0 heterocycles. The molecule has 0 aromatic heterocycles. The molecule has 7 aromatic carbocycles. The maximum absolute atomic E-state index is 3.56. The van der Waals surface area contributed by atoms with Gasteiger partial charge in [0.15, 0.2) is 0 Å². The smallest absolute Gasteiger partial charge is 0.0386 e. The largest absolute Gasteiger partial charge is 0.356 e. The summed E-state index contributed by atoms with van der Waals surface area (Å²) in [5.74, 6) is 0. The molecule has 0 spiro atoms. The van der Waals surface area contributed by atoms with E-state index in [1.807, 2.05) is 0 Å². The molecule has 0 aliphatic heterocycles. The van der Waals surface area contributed by atoms with Crippen LogP contribution in [-0.4, -0.2) is 0 Å². The van der Waals surface area contributed by atoms with Gasteiger partial charge >= 0.3 is 0 Å². The van der Waals surface area contributed by atoms with Crippen LogP contribution in [0.5, 0.6) is 0 Å². The third-order valence-electron chi connectivity index (χ3n) is 8.55. The Morgan fingerprint density at radius 3 is 0.938 bits per heavy atom. The van der Waals surface area contributed by atoms with Gasteiger partial charge in [-0.2, -0.15) is 0 Å². The number of hydrogen-bond donors (Lipinski definition) is 3. The van der Waals surface area contributed by atoms with Crippen LogP contribution in [0.4, 0.5) is 34.1 Å². The van der Waals surface area contributed by atoms with E-state index in [0.29, 0.717) is 0 Å². The maximum Gasteiger partial charge on any atom is 0.0386 e. The lowest BCUT2D eigenvalue weighted by Gasteiger charge is -2.18. The average Bonchev–Trinajstić information content (AvgIpc) is 3.09. The van der Waals surface area contributed by atoms with Gasteiger partial charge in [-0.3, -0.25) is 0 Å². The molecule has 0 aliphatic rings. The molecule has 0 amide bonds. The molecule has 3 nitrogen and oxygen atoms in total. The molecule has 0 saturated carbocycles. The third kappa shape index (κ3) is 7.16. The summed E-state index contributed by atoms with van der Waals surface area (Å²) in [4.78, 5) is 0. The topological polar surface area (TPSA) is 36.1 Å². The fraction of sp³-hybridized carbons (Fsp3) is 0.0667.